The van der Waals surface area contributed by atoms with Crippen LogP contribution in [0.25, 0.3) is 28.2 Å². The molecular formula is C28H26N4O2. The van der Waals surface area contributed by atoms with Gasteiger partial charge in [-0.3, -0.25) is 0 Å². The van der Waals surface area contributed by atoms with Crippen LogP contribution in [0.2, 0.25) is 0 Å². The van der Waals surface area contributed by atoms with Crippen molar-refractivity contribution in [3.63, 3.8) is 0 Å². The van der Waals surface area contributed by atoms with Crippen LogP contribution in [0.4, 0.5) is 5.82 Å². The molecule has 2 heterocycles. The van der Waals surface area contributed by atoms with Crippen molar-refractivity contribution in [2.45, 2.75) is 13.5 Å². The number of methoxy groups -OCH3 is 2. The zero-order chi connectivity index (χ0) is 23.5. The first kappa shape index (κ1) is 21.5. The van der Waals surface area contributed by atoms with E-state index in [1.807, 2.05) is 59.1 Å². The molecule has 0 fully saturated rings. The summed E-state index contributed by atoms with van der Waals surface area (Å²) in [6.45, 7) is 2.65. The molecule has 5 rings (SSSR count). The number of rotatable bonds is 7. The van der Waals surface area contributed by atoms with E-state index in [1.165, 1.54) is 5.56 Å². The fourth-order valence-corrected chi connectivity index (χ4v) is 3.96. The average Bonchev–Trinajstić information content (AvgIpc) is 3.32. The van der Waals surface area contributed by atoms with Crippen LogP contribution in [-0.4, -0.2) is 28.8 Å². The molecule has 170 valence electrons. The molecule has 5 aromatic rings. The number of nitrogens with zero attached hydrogens (tertiary/aromatic N) is 3. The number of aryl methyl sites for hydroxylation is 1. The van der Waals surface area contributed by atoms with Gasteiger partial charge < -0.3 is 14.8 Å². The summed E-state index contributed by atoms with van der Waals surface area (Å²) in [6, 6.07) is 28.4. The fraction of sp³-hybridized carbons (Fsp3) is 0.143. The van der Waals surface area contributed by atoms with E-state index in [0.717, 1.165) is 51.0 Å². The van der Waals surface area contributed by atoms with Gasteiger partial charge in [0.25, 0.3) is 0 Å². The van der Waals surface area contributed by atoms with E-state index in [-0.39, 0.29) is 0 Å². The number of hydrogen-bond acceptors (Lipinski definition) is 5. The maximum atomic E-state index is 5.42. The standard InChI is InChI=1S/C28H26N4O2/c1-19-8-7-11-22(12-19)26-17-28-30-25(21-9-5-4-6-10-21)16-27(32(28)31-26)29-18-20-13-23(33-2)15-24(14-20)34-3/h4-17,29H,18H2,1-3H3. The van der Waals surface area contributed by atoms with Gasteiger partial charge >= 0.3 is 0 Å². The van der Waals surface area contributed by atoms with Crippen molar-refractivity contribution in [2.75, 3.05) is 19.5 Å². The van der Waals surface area contributed by atoms with Gasteiger partial charge in [-0.15, -0.1) is 0 Å². The highest BCUT2D eigenvalue weighted by atomic mass is 16.5. The molecule has 6 nitrogen and oxygen atoms in total. The molecule has 2 aromatic heterocycles. The van der Waals surface area contributed by atoms with Gasteiger partial charge in [0.15, 0.2) is 5.65 Å². The quantitative estimate of drug-likeness (QED) is 0.329. The molecule has 0 saturated heterocycles. The van der Waals surface area contributed by atoms with Crippen LogP contribution in [0, 0.1) is 6.92 Å². The molecule has 6 heteroatoms. The minimum absolute atomic E-state index is 0.570. The molecule has 3 aromatic carbocycles. The summed E-state index contributed by atoms with van der Waals surface area (Å²) in [5.74, 6) is 2.35. The summed E-state index contributed by atoms with van der Waals surface area (Å²) >= 11 is 0. The smallest absolute Gasteiger partial charge is 0.158 e. The van der Waals surface area contributed by atoms with Crippen LogP contribution in [-0.2, 0) is 6.54 Å². The number of nitrogens with one attached hydrogen (secondary N) is 1. The number of benzene rings is 3. The summed E-state index contributed by atoms with van der Waals surface area (Å²) in [5.41, 5.74) is 6.89. The van der Waals surface area contributed by atoms with Crippen molar-refractivity contribution >= 4 is 11.5 Å². The lowest BCUT2D eigenvalue weighted by atomic mass is 10.1. The van der Waals surface area contributed by atoms with Gasteiger partial charge in [-0.2, -0.15) is 9.61 Å². The maximum Gasteiger partial charge on any atom is 0.158 e. The Balaban J connectivity index is 1.57. The third kappa shape index (κ3) is 4.43. The first-order chi connectivity index (χ1) is 16.6. The molecule has 0 aliphatic heterocycles. The molecule has 0 aliphatic rings. The Morgan fingerprint density at radius 3 is 2.21 bits per heavy atom. The Labute approximate surface area is 198 Å². The van der Waals surface area contributed by atoms with Gasteiger partial charge in [0.1, 0.15) is 17.3 Å². The second kappa shape index (κ2) is 9.27. The fourth-order valence-electron chi connectivity index (χ4n) is 3.96. The molecule has 0 atom stereocenters. The van der Waals surface area contributed by atoms with Crippen LogP contribution in [0.1, 0.15) is 11.1 Å². The van der Waals surface area contributed by atoms with Gasteiger partial charge in [0.05, 0.1) is 25.6 Å². The zero-order valence-corrected chi connectivity index (χ0v) is 19.4. The van der Waals surface area contributed by atoms with E-state index in [0.29, 0.717) is 6.54 Å². The van der Waals surface area contributed by atoms with Crippen LogP contribution < -0.4 is 14.8 Å². The van der Waals surface area contributed by atoms with Crippen molar-refractivity contribution in [3.8, 4) is 34.0 Å². The molecule has 0 bridgehead atoms. The van der Waals surface area contributed by atoms with E-state index in [9.17, 15) is 0 Å². The van der Waals surface area contributed by atoms with Crippen molar-refractivity contribution in [3.05, 3.63) is 96.1 Å². The Morgan fingerprint density at radius 2 is 1.50 bits per heavy atom. The average molecular weight is 451 g/mol. The highest BCUT2D eigenvalue weighted by Gasteiger charge is 2.13. The van der Waals surface area contributed by atoms with Crippen molar-refractivity contribution in [1.82, 2.24) is 14.6 Å². The summed E-state index contributed by atoms with van der Waals surface area (Å²) in [4.78, 5) is 4.90. The Bertz CT molecular complexity index is 1420. The van der Waals surface area contributed by atoms with Gasteiger partial charge in [-0.1, -0.05) is 54.1 Å². The second-order valence-corrected chi connectivity index (χ2v) is 8.14. The molecule has 0 amide bonds. The Hall–Kier alpha value is -4.32. The summed E-state index contributed by atoms with van der Waals surface area (Å²) in [7, 11) is 3.31. The number of aromatic nitrogens is 3. The lowest BCUT2D eigenvalue weighted by Crippen LogP contribution is -2.07. The Kier molecular flexibility index (Phi) is 5.87. The molecule has 34 heavy (non-hydrogen) atoms. The molecule has 0 aliphatic carbocycles. The highest BCUT2D eigenvalue weighted by Crippen LogP contribution is 2.28. The normalized spacial score (nSPS) is 10.9. The van der Waals surface area contributed by atoms with Crippen molar-refractivity contribution < 1.29 is 9.47 Å². The SMILES string of the molecule is COc1cc(CNc2cc(-c3ccccc3)nc3cc(-c4cccc(C)c4)nn23)cc(OC)c1. The number of fused-ring (bicyclic) bond motifs is 1. The summed E-state index contributed by atoms with van der Waals surface area (Å²) in [6.07, 6.45) is 0. The lowest BCUT2D eigenvalue weighted by Gasteiger charge is -2.12. The van der Waals surface area contributed by atoms with Crippen LogP contribution in [0.3, 0.4) is 0 Å². The molecule has 0 spiro atoms. The van der Waals surface area contributed by atoms with E-state index in [2.05, 4.69) is 42.6 Å². The van der Waals surface area contributed by atoms with E-state index >= 15 is 0 Å². The minimum Gasteiger partial charge on any atom is -0.497 e. The van der Waals surface area contributed by atoms with Crippen molar-refractivity contribution in [1.29, 1.82) is 0 Å². The molecular weight excluding hydrogens is 424 g/mol. The van der Waals surface area contributed by atoms with Crippen LogP contribution in [0.15, 0.2) is 84.9 Å². The van der Waals surface area contributed by atoms with Crippen LogP contribution in [0.5, 0.6) is 11.5 Å². The second-order valence-electron chi connectivity index (χ2n) is 8.14. The van der Waals surface area contributed by atoms with Crippen LogP contribution >= 0.6 is 0 Å². The molecule has 1 N–H and O–H groups in total. The molecule has 0 unspecified atom stereocenters. The highest BCUT2D eigenvalue weighted by molar-refractivity contribution is 5.71. The van der Waals surface area contributed by atoms with Gasteiger partial charge in [0.2, 0.25) is 0 Å². The topological polar surface area (TPSA) is 60.7 Å². The van der Waals surface area contributed by atoms with Gasteiger partial charge in [-0.05, 0) is 30.7 Å². The van der Waals surface area contributed by atoms with Gasteiger partial charge in [-0.25, -0.2) is 4.98 Å². The summed E-state index contributed by atoms with van der Waals surface area (Å²) in [5, 5.41) is 8.42. The largest absolute Gasteiger partial charge is 0.497 e. The number of anilines is 1. The van der Waals surface area contributed by atoms with Crippen molar-refractivity contribution in [2.24, 2.45) is 0 Å². The predicted octanol–water partition coefficient (Wildman–Crippen LogP) is 6.00. The first-order valence-electron chi connectivity index (χ1n) is 11.1. The third-order valence-electron chi connectivity index (χ3n) is 5.70. The maximum absolute atomic E-state index is 5.42. The van der Waals surface area contributed by atoms with E-state index in [1.54, 1.807) is 14.2 Å². The zero-order valence-electron chi connectivity index (χ0n) is 19.4. The minimum atomic E-state index is 0.570. The van der Waals surface area contributed by atoms with Gasteiger partial charge in [0, 0.05) is 35.9 Å². The first-order valence-corrected chi connectivity index (χ1v) is 11.1. The predicted molar refractivity (Wildman–Crippen MR) is 135 cm³/mol. The monoisotopic (exact) mass is 450 g/mol. The third-order valence-corrected chi connectivity index (χ3v) is 5.70. The molecule has 0 radical (unpaired) electrons. The van der Waals surface area contributed by atoms with E-state index < -0.39 is 0 Å². The Morgan fingerprint density at radius 1 is 0.765 bits per heavy atom. The number of ether oxygens (including phenoxy) is 2. The summed E-state index contributed by atoms with van der Waals surface area (Å²) < 4.78 is 12.7. The number of hydrogen-bond donors (Lipinski definition) is 1. The molecule has 0 saturated carbocycles. The van der Waals surface area contributed by atoms with E-state index in [4.69, 9.17) is 19.6 Å². The lowest BCUT2D eigenvalue weighted by molar-refractivity contribution is 0.393.